The molecule has 0 N–H and O–H groups in total. The quantitative estimate of drug-likeness (QED) is 0.321. The first-order chi connectivity index (χ1) is 15.9. The van der Waals surface area contributed by atoms with Crippen LogP contribution in [0.2, 0.25) is 5.02 Å². The van der Waals surface area contributed by atoms with Crippen LogP contribution in [0.25, 0.3) is 21.0 Å². The minimum atomic E-state index is -0.162. The van der Waals surface area contributed by atoms with Crippen molar-refractivity contribution in [2.45, 2.75) is 6.42 Å². The number of hydrogen-bond acceptors (Lipinski definition) is 6. The molecule has 8 heteroatoms. The van der Waals surface area contributed by atoms with Crippen molar-refractivity contribution >= 4 is 55.0 Å². The van der Waals surface area contributed by atoms with Crippen LogP contribution in [-0.4, -0.2) is 57.2 Å². The van der Waals surface area contributed by atoms with Gasteiger partial charge in [0, 0.05) is 6.54 Å². The normalized spacial score (nSPS) is 11.3. The van der Waals surface area contributed by atoms with Gasteiger partial charge in [-0.05, 0) is 62.1 Å². The van der Waals surface area contributed by atoms with E-state index in [1.165, 1.54) is 11.3 Å². The molecule has 0 aliphatic rings. The number of halogens is 1. The third-order valence-electron chi connectivity index (χ3n) is 5.43. The van der Waals surface area contributed by atoms with Crippen LogP contribution in [0.5, 0.6) is 11.5 Å². The first-order valence-corrected chi connectivity index (χ1v) is 11.8. The Balaban J connectivity index is 1.81. The fourth-order valence-corrected chi connectivity index (χ4v) is 5.03. The van der Waals surface area contributed by atoms with Crippen LogP contribution in [0.1, 0.15) is 16.8 Å². The third-order valence-corrected chi connectivity index (χ3v) is 6.97. The Morgan fingerprint density at radius 1 is 1.00 bits per heavy atom. The Kier molecular flexibility index (Phi) is 7.02. The van der Waals surface area contributed by atoms with Gasteiger partial charge in [-0.2, -0.15) is 0 Å². The largest absolute Gasteiger partial charge is 0.496 e. The fourth-order valence-electron chi connectivity index (χ4n) is 3.75. The summed E-state index contributed by atoms with van der Waals surface area (Å²) >= 11 is 7.83. The van der Waals surface area contributed by atoms with E-state index in [2.05, 4.69) is 4.90 Å². The monoisotopic (exact) mass is 483 g/mol. The molecule has 0 radical (unpaired) electrons. The van der Waals surface area contributed by atoms with E-state index in [1.54, 1.807) is 31.3 Å². The predicted molar refractivity (Wildman–Crippen MR) is 137 cm³/mol. The molecule has 1 amide bonds. The van der Waals surface area contributed by atoms with E-state index in [1.807, 2.05) is 50.5 Å². The van der Waals surface area contributed by atoms with E-state index in [4.69, 9.17) is 26.1 Å². The minimum absolute atomic E-state index is 0.162. The molecule has 0 spiro atoms. The number of methoxy groups -OCH3 is 2. The molecule has 4 aromatic rings. The van der Waals surface area contributed by atoms with Crippen molar-refractivity contribution in [1.82, 2.24) is 9.88 Å². The molecule has 0 atom stereocenters. The van der Waals surface area contributed by atoms with Crippen molar-refractivity contribution < 1.29 is 14.3 Å². The zero-order chi connectivity index (χ0) is 23.5. The molecule has 0 aliphatic carbocycles. The highest BCUT2D eigenvalue weighted by Crippen LogP contribution is 2.39. The average Bonchev–Trinajstić information content (AvgIpc) is 3.26. The first-order valence-electron chi connectivity index (χ1n) is 10.6. The molecule has 0 bridgehead atoms. The van der Waals surface area contributed by atoms with Gasteiger partial charge < -0.3 is 14.4 Å². The topological polar surface area (TPSA) is 54.9 Å². The number of ether oxygens (including phenoxy) is 2. The van der Waals surface area contributed by atoms with Gasteiger partial charge in [-0.15, -0.1) is 0 Å². The SMILES string of the molecule is COc1cc2ccccc2cc1C(=O)N(CCCN(C)C)c1nc2c(OC)ccc(Cl)c2s1. The predicted octanol–water partition coefficient (Wildman–Crippen LogP) is 5.72. The summed E-state index contributed by atoms with van der Waals surface area (Å²) < 4.78 is 11.9. The van der Waals surface area contributed by atoms with Gasteiger partial charge in [0.25, 0.3) is 5.91 Å². The molecular weight excluding hydrogens is 458 g/mol. The number of anilines is 1. The summed E-state index contributed by atoms with van der Waals surface area (Å²) in [6.07, 6.45) is 0.787. The lowest BCUT2D eigenvalue weighted by molar-refractivity contribution is 0.0983. The molecule has 0 saturated carbocycles. The Hall–Kier alpha value is -2.87. The number of carbonyl (C=O) groups excluding carboxylic acids is 1. The number of aromatic nitrogens is 1. The van der Waals surface area contributed by atoms with E-state index >= 15 is 0 Å². The van der Waals surface area contributed by atoms with Crippen molar-refractivity contribution in [2.75, 3.05) is 46.3 Å². The molecular formula is C25H26ClN3O3S. The molecule has 33 heavy (non-hydrogen) atoms. The van der Waals surface area contributed by atoms with E-state index in [9.17, 15) is 4.79 Å². The second-order valence-corrected chi connectivity index (χ2v) is 9.32. The number of fused-ring (bicyclic) bond motifs is 2. The fraction of sp³-hybridized carbons (Fsp3) is 0.280. The maximum absolute atomic E-state index is 13.9. The van der Waals surface area contributed by atoms with E-state index in [-0.39, 0.29) is 5.91 Å². The van der Waals surface area contributed by atoms with Gasteiger partial charge in [0.1, 0.15) is 17.0 Å². The van der Waals surface area contributed by atoms with Crippen LogP contribution in [0.3, 0.4) is 0 Å². The summed E-state index contributed by atoms with van der Waals surface area (Å²) in [4.78, 5) is 22.5. The second kappa shape index (κ2) is 9.95. The maximum Gasteiger partial charge on any atom is 0.263 e. The van der Waals surface area contributed by atoms with Crippen LogP contribution in [0.15, 0.2) is 48.5 Å². The van der Waals surface area contributed by atoms with Gasteiger partial charge in [-0.1, -0.05) is 47.2 Å². The van der Waals surface area contributed by atoms with E-state index in [0.717, 1.165) is 28.4 Å². The molecule has 0 fully saturated rings. The maximum atomic E-state index is 13.9. The Labute approximate surface area is 202 Å². The molecule has 172 valence electrons. The zero-order valence-corrected chi connectivity index (χ0v) is 20.7. The van der Waals surface area contributed by atoms with Gasteiger partial charge >= 0.3 is 0 Å². The van der Waals surface area contributed by atoms with Gasteiger partial charge in [0.05, 0.1) is 29.5 Å². The minimum Gasteiger partial charge on any atom is -0.496 e. The van der Waals surface area contributed by atoms with Crippen LogP contribution >= 0.6 is 22.9 Å². The third kappa shape index (κ3) is 4.76. The number of thiazole rings is 1. The van der Waals surface area contributed by atoms with Gasteiger partial charge in [0.15, 0.2) is 5.13 Å². The highest BCUT2D eigenvalue weighted by Gasteiger charge is 2.25. The first kappa shape index (κ1) is 23.3. The number of hydrogen-bond donors (Lipinski definition) is 0. The number of rotatable bonds is 8. The molecule has 4 rings (SSSR count). The number of benzene rings is 3. The van der Waals surface area contributed by atoms with Crippen molar-refractivity contribution in [3.8, 4) is 11.5 Å². The van der Waals surface area contributed by atoms with Gasteiger partial charge in [-0.3, -0.25) is 9.69 Å². The van der Waals surface area contributed by atoms with Gasteiger partial charge in [0.2, 0.25) is 0 Å². The second-order valence-electron chi connectivity index (χ2n) is 7.94. The highest BCUT2D eigenvalue weighted by molar-refractivity contribution is 7.23. The van der Waals surface area contributed by atoms with Crippen LogP contribution < -0.4 is 14.4 Å². The molecule has 6 nitrogen and oxygen atoms in total. The summed E-state index contributed by atoms with van der Waals surface area (Å²) in [5, 5.41) is 3.15. The molecule has 0 aliphatic heterocycles. The van der Waals surface area contributed by atoms with Crippen LogP contribution in [0, 0.1) is 0 Å². The van der Waals surface area contributed by atoms with Crippen molar-refractivity contribution in [1.29, 1.82) is 0 Å². The standard InChI is InChI=1S/C25H26ClN3O3S/c1-28(2)12-7-13-29(25-27-22-20(31-3)11-10-19(26)23(22)33-25)24(30)18-14-16-8-5-6-9-17(16)15-21(18)32-4/h5-6,8-11,14-15H,7,12-13H2,1-4H3. The molecule has 1 aromatic heterocycles. The van der Waals surface area contributed by atoms with Crippen molar-refractivity contribution in [3.05, 3.63) is 59.1 Å². The van der Waals surface area contributed by atoms with E-state index in [0.29, 0.717) is 39.3 Å². The van der Waals surface area contributed by atoms with Crippen molar-refractivity contribution in [2.24, 2.45) is 0 Å². The number of amides is 1. The molecule has 3 aromatic carbocycles. The summed E-state index contributed by atoms with van der Waals surface area (Å²) in [6.45, 7) is 1.35. The number of nitrogens with zero attached hydrogens (tertiary/aromatic N) is 3. The lowest BCUT2D eigenvalue weighted by Gasteiger charge is -2.22. The summed E-state index contributed by atoms with van der Waals surface area (Å²) in [5.74, 6) is 0.999. The zero-order valence-electron chi connectivity index (χ0n) is 19.1. The number of carbonyl (C=O) groups is 1. The van der Waals surface area contributed by atoms with E-state index < -0.39 is 0 Å². The smallest absolute Gasteiger partial charge is 0.263 e. The Morgan fingerprint density at radius 3 is 2.36 bits per heavy atom. The highest BCUT2D eigenvalue weighted by atomic mass is 35.5. The lowest BCUT2D eigenvalue weighted by Crippen LogP contribution is -2.33. The molecule has 1 heterocycles. The average molecular weight is 484 g/mol. The summed E-state index contributed by atoms with van der Waals surface area (Å²) in [7, 11) is 7.21. The lowest BCUT2D eigenvalue weighted by atomic mass is 10.0. The van der Waals surface area contributed by atoms with Gasteiger partial charge in [-0.25, -0.2) is 4.98 Å². The molecule has 0 saturated heterocycles. The molecule has 0 unspecified atom stereocenters. The summed E-state index contributed by atoms with van der Waals surface area (Å²) in [6, 6.07) is 15.3. The van der Waals surface area contributed by atoms with Crippen molar-refractivity contribution in [3.63, 3.8) is 0 Å². The van der Waals surface area contributed by atoms with Crippen LogP contribution in [-0.2, 0) is 0 Å². The Morgan fingerprint density at radius 2 is 1.70 bits per heavy atom. The van der Waals surface area contributed by atoms with Crippen LogP contribution in [0.4, 0.5) is 5.13 Å². The summed E-state index contributed by atoms with van der Waals surface area (Å²) in [5.41, 5.74) is 1.15. The Bertz CT molecular complexity index is 1310.